The van der Waals surface area contributed by atoms with E-state index in [-0.39, 0.29) is 11.9 Å². The predicted octanol–water partition coefficient (Wildman–Crippen LogP) is 2.09. The van der Waals surface area contributed by atoms with Crippen molar-refractivity contribution in [2.75, 3.05) is 37.6 Å². The molecule has 0 aromatic heterocycles. The number of nitrogens with two attached hydrogens (primary N) is 1. The Morgan fingerprint density at radius 1 is 1.04 bits per heavy atom. The van der Waals surface area contributed by atoms with Crippen molar-refractivity contribution in [3.63, 3.8) is 0 Å². The molecule has 1 aliphatic rings. The van der Waals surface area contributed by atoms with E-state index in [1.54, 1.807) is 0 Å². The molecule has 3 rings (SSSR count). The topological polar surface area (TPSA) is 61.6 Å². The van der Waals surface area contributed by atoms with Gasteiger partial charge in [-0.3, -0.25) is 9.69 Å². The number of piperazine rings is 1. The van der Waals surface area contributed by atoms with E-state index in [1.165, 1.54) is 5.69 Å². The summed E-state index contributed by atoms with van der Waals surface area (Å²) >= 11 is 0. The number of benzene rings is 2. The minimum absolute atomic E-state index is 0.0241. The van der Waals surface area contributed by atoms with Gasteiger partial charge in [-0.25, -0.2) is 0 Å². The molecule has 3 N–H and O–H groups in total. The number of amides is 1. The number of nitrogens with zero attached hydrogens (tertiary/aromatic N) is 2. The molecule has 0 spiro atoms. The van der Waals surface area contributed by atoms with E-state index in [4.69, 9.17) is 5.73 Å². The average Bonchev–Trinajstić information content (AvgIpc) is 2.69. The normalized spacial score (nSPS) is 16.3. The maximum atomic E-state index is 12.4. The van der Waals surface area contributed by atoms with Crippen LogP contribution in [0, 0.1) is 0 Å². The summed E-state index contributed by atoms with van der Waals surface area (Å²) in [5.41, 5.74) is 8.60. The Bertz CT molecular complexity index is 694. The second kappa shape index (κ2) is 8.83. The average molecular weight is 352 g/mol. The second-order valence-electron chi connectivity index (χ2n) is 6.90. The van der Waals surface area contributed by atoms with Crippen LogP contribution >= 0.6 is 0 Å². The summed E-state index contributed by atoms with van der Waals surface area (Å²) in [5.74, 6) is -0.0241. The minimum Gasteiger partial charge on any atom is -0.369 e. The quantitative estimate of drug-likeness (QED) is 0.836. The highest BCUT2D eigenvalue weighted by Gasteiger charge is 2.19. The molecule has 1 fully saturated rings. The predicted molar refractivity (Wildman–Crippen MR) is 106 cm³/mol. The standard InChI is InChI=1S/C21H28N4O/c1-17(23-21(26)19-9-7-18(15-22)8-10-19)16-24-11-13-25(14-12-24)20-5-3-2-4-6-20/h2-10,17H,11-16,22H2,1H3,(H,23,26). The van der Waals surface area contributed by atoms with Gasteiger partial charge in [0, 0.05) is 56.6 Å². The van der Waals surface area contributed by atoms with Crippen molar-refractivity contribution in [3.05, 3.63) is 65.7 Å². The van der Waals surface area contributed by atoms with Crippen LogP contribution in [-0.2, 0) is 6.54 Å². The number of para-hydroxylation sites is 1. The molecular weight excluding hydrogens is 324 g/mol. The van der Waals surface area contributed by atoms with Crippen LogP contribution in [0.4, 0.5) is 5.69 Å². The van der Waals surface area contributed by atoms with Gasteiger partial charge >= 0.3 is 0 Å². The van der Waals surface area contributed by atoms with E-state index in [2.05, 4.69) is 46.3 Å². The van der Waals surface area contributed by atoms with Crippen LogP contribution in [0.1, 0.15) is 22.8 Å². The van der Waals surface area contributed by atoms with E-state index in [1.807, 2.05) is 30.3 Å². The first-order chi connectivity index (χ1) is 12.7. The van der Waals surface area contributed by atoms with Crippen molar-refractivity contribution in [2.24, 2.45) is 5.73 Å². The molecule has 1 heterocycles. The van der Waals surface area contributed by atoms with Gasteiger partial charge in [-0.1, -0.05) is 30.3 Å². The van der Waals surface area contributed by atoms with Crippen LogP contribution in [0.25, 0.3) is 0 Å². The molecule has 0 bridgehead atoms. The van der Waals surface area contributed by atoms with Gasteiger partial charge in [0.05, 0.1) is 0 Å². The lowest BCUT2D eigenvalue weighted by atomic mass is 10.1. The molecule has 0 saturated carbocycles. The fraction of sp³-hybridized carbons (Fsp3) is 0.381. The molecule has 138 valence electrons. The minimum atomic E-state index is -0.0241. The number of rotatable bonds is 6. The van der Waals surface area contributed by atoms with E-state index in [9.17, 15) is 4.79 Å². The Kier molecular flexibility index (Phi) is 6.26. The van der Waals surface area contributed by atoms with Crippen molar-refractivity contribution in [1.29, 1.82) is 0 Å². The maximum absolute atomic E-state index is 12.4. The van der Waals surface area contributed by atoms with Crippen LogP contribution in [-0.4, -0.2) is 49.6 Å². The van der Waals surface area contributed by atoms with Gasteiger partial charge in [-0.05, 0) is 36.8 Å². The number of hydrogen-bond acceptors (Lipinski definition) is 4. The van der Waals surface area contributed by atoms with Gasteiger partial charge in [-0.2, -0.15) is 0 Å². The lowest BCUT2D eigenvalue weighted by molar-refractivity contribution is 0.0928. The molecule has 1 aliphatic heterocycles. The van der Waals surface area contributed by atoms with E-state index in [0.717, 1.165) is 38.3 Å². The zero-order valence-corrected chi connectivity index (χ0v) is 15.4. The lowest BCUT2D eigenvalue weighted by Gasteiger charge is -2.37. The Morgan fingerprint density at radius 3 is 2.31 bits per heavy atom. The summed E-state index contributed by atoms with van der Waals surface area (Å²) in [4.78, 5) is 17.2. The molecule has 5 heteroatoms. The molecule has 0 radical (unpaired) electrons. The fourth-order valence-electron chi connectivity index (χ4n) is 3.36. The van der Waals surface area contributed by atoms with Crippen LogP contribution < -0.4 is 16.0 Å². The summed E-state index contributed by atoms with van der Waals surface area (Å²) in [6.45, 7) is 7.50. The lowest BCUT2D eigenvalue weighted by Crippen LogP contribution is -2.50. The van der Waals surface area contributed by atoms with Crippen molar-refractivity contribution in [3.8, 4) is 0 Å². The summed E-state index contributed by atoms with van der Waals surface area (Å²) in [5, 5.41) is 3.10. The van der Waals surface area contributed by atoms with Crippen LogP contribution in [0.15, 0.2) is 54.6 Å². The van der Waals surface area contributed by atoms with Crippen molar-refractivity contribution < 1.29 is 4.79 Å². The maximum Gasteiger partial charge on any atom is 0.251 e. The second-order valence-corrected chi connectivity index (χ2v) is 6.90. The molecule has 1 amide bonds. The van der Waals surface area contributed by atoms with Gasteiger partial charge in [-0.15, -0.1) is 0 Å². The monoisotopic (exact) mass is 352 g/mol. The fourth-order valence-corrected chi connectivity index (χ4v) is 3.36. The highest BCUT2D eigenvalue weighted by molar-refractivity contribution is 5.94. The molecule has 1 saturated heterocycles. The third kappa shape index (κ3) is 4.84. The molecule has 2 aromatic carbocycles. The van der Waals surface area contributed by atoms with Gasteiger partial charge in [0.1, 0.15) is 0 Å². The van der Waals surface area contributed by atoms with Gasteiger partial charge in [0.2, 0.25) is 0 Å². The Morgan fingerprint density at radius 2 is 1.69 bits per heavy atom. The highest BCUT2D eigenvalue weighted by atomic mass is 16.1. The Labute approximate surface area is 155 Å². The molecule has 26 heavy (non-hydrogen) atoms. The van der Waals surface area contributed by atoms with Crippen molar-refractivity contribution in [2.45, 2.75) is 19.5 Å². The smallest absolute Gasteiger partial charge is 0.251 e. The summed E-state index contributed by atoms with van der Waals surface area (Å²) < 4.78 is 0. The van der Waals surface area contributed by atoms with Crippen LogP contribution in [0.3, 0.4) is 0 Å². The van der Waals surface area contributed by atoms with Crippen molar-refractivity contribution in [1.82, 2.24) is 10.2 Å². The third-order valence-electron chi connectivity index (χ3n) is 4.86. The summed E-state index contributed by atoms with van der Waals surface area (Å²) in [6.07, 6.45) is 0. The Balaban J connectivity index is 1.45. The van der Waals surface area contributed by atoms with E-state index >= 15 is 0 Å². The zero-order chi connectivity index (χ0) is 18.4. The van der Waals surface area contributed by atoms with Gasteiger partial charge < -0.3 is 16.0 Å². The molecule has 2 aromatic rings. The summed E-state index contributed by atoms with van der Waals surface area (Å²) in [7, 11) is 0. The molecular formula is C21H28N4O. The molecule has 0 aliphatic carbocycles. The number of nitrogens with one attached hydrogen (secondary N) is 1. The first-order valence-electron chi connectivity index (χ1n) is 9.28. The number of carbonyl (C=O) groups excluding carboxylic acids is 1. The Hall–Kier alpha value is -2.37. The molecule has 5 nitrogen and oxygen atoms in total. The first kappa shape index (κ1) is 18.4. The van der Waals surface area contributed by atoms with Crippen molar-refractivity contribution >= 4 is 11.6 Å². The van der Waals surface area contributed by atoms with Crippen LogP contribution in [0.2, 0.25) is 0 Å². The van der Waals surface area contributed by atoms with Crippen LogP contribution in [0.5, 0.6) is 0 Å². The zero-order valence-electron chi connectivity index (χ0n) is 15.4. The summed E-state index contributed by atoms with van der Waals surface area (Å²) in [6, 6.07) is 18.1. The first-order valence-corrected chi connectivity index (χ1v) is 9.28. The number of hydrogen-bond donors (Lipinski definition) is 2. The largest absolute Gasteiger partial charge is 0.369 e. The van der Waals surface area contributed by atoms with E-state index in [0.29, 0.717) is 12.1 Å². The SMILES string of the molecule is CC(CN1CCN(c2ccccc2)CC1)NC(=O)c1ccc(CN)cc1. The van der Waals surface area contributed by atoms with Gasteiger partial charge in [0.25, 0.3) is 5.91 Å². The highest BCUT2D eigenvalue weighted by Crippen LogP contribution is 2.15. The molecule has 1 atom stereocenters. The van der Waals surface area contributed by atoms with Gasteiger partial charge in [0.15, 0.2) is 0 Å². The number of carbonyl (C=O) groups is 1. The third-order valence-corrected chi connectivity index (χ3v) is 4.86. The van der Waals surface area contributed by atoms with E-state index < -0.39 is 0 Å². The molecule has 1 unspecified atom stereocenters. The number of anilines is 1.